The summed E-state index contributed by atoms with van der Waals surface area (Å²) in [6.45, 7) is 6.18. The summed E-state index contributed by atoms with van der Waals surface area (Å²) in [4.78, 5) is 4.27. The van der Waals surface area contributed by atoms with E-state index >= 15 is 0 Å². The molecule has 3 nitrogen and oxygen atoms in total. The SMILES string of the molecule is CC(C)CNCCc1ncc(-c2ccc(F)cc2I)o1. The Labute approximate surface area is 132 Å². The van der Waals surface area contributed by atoms with Gasteiger partial charge in [0.15, 0.2) is 11.7 Å². The molecule has 0 bridgehead atoms. The van der Waals surface area contributed by atoms with Crippen molar-refractivity contribution in [3.8, 4) is 11.3 Å². The van der Waals surface area contributed by atoms with Gasteiger partial charge in [0, 0.05) is 22.1 Å². The van der Waals surface area contributed by atoms with Crippen LogP contribution < -0.4 is 5.32 Å². The van der Waals surface area contributed by atoms with E-state index in [9.17, 15) is 4.39 Å². The van der Waals surface area contributed by atoms with E-state index in [1.807, 2.05) is 0 Å². The standard InChI is InChI=1S/C15H18FIN2O/c1-10(2)8-18-6-5-15-19-9-14(20-15)12-4-3-11(16)7-13(12)17/h3-4,7,9-10,18H,5-6,8H2,1-2H3. The number of aromatic nitrogens is 1. The lowest BCUT2D eigenvalue weighted by Crippen LogP contribution is -2.22. The highest BCUT2D eigenvalue weighted by atomic mass is 127. The Kier molecular flexibility index (Phi) is 5.54. The number of halogens is 2. The fraction of sp³-hybridized carbons (Fsp3) is 0.400. The first-order valence-electron chi connectivity index (χ1n) is 6.67. The molecule has 0 aliphatic rings. The van der Waals surface area contributed by atoms with Crippen molar-refractivity contribution in [2.75, 3.05) is 13.1 Å². The Morgan fingerprint density at radius 2 is 2.20 bits per heavy atom. The van der Waals surface area contributed by atoms with Gasteiger partial charge in [0.1, 0.15) is 5.82 Å². The second-order valence-corrected chi connectivity index (χ2v) is 6.25. The molecule has 0 fully saturated rings. The quantitative estimate of drug-likeness (QED) is 0.603. The van der Waals surface area contributed by atoms with Gasteiger partial charge in [0.25, 0.3) is 0 Å². The summed E-state index contributed by atoms with van der Waals surface area (Å²) in [6, 6.07) is 4.64. The molecule has 5 heteroatoms. The molecule has 0 atom stereocenters. The van der Waals surface area contributed by atoms with Crippen LogP contribution >= 0.6 is 22.6 Å². The van der Waals surface area contributed by atoms with Gasteiger partial charge in [-0.1, -0.05) is 13.8 Å². The Morgan fingerprint density at radius 3 is 2.90 bits per heavy atom. The fourth-order valence-corrected chi connectivity index (χ4v) is 2.57. The molecule has 1 heterocycles. The van der Waals surface area contributed by atoms with Crippen LogP contribution in [0.15, 0.2) is 28.8 Å². The molecule has 2 rings (SSSR count). The predicted octanol–water partition coefficient (Wildman–Crippen LogP) is 3.87. The minimum Gasteiger partial charge on any atom is -0.441 e. The molecule has 0 unspecified atom stereocenters. The van der Waals surface area contributed by atoms with Crippen LogP contribution in [0.2, 0.25) is 0 Å². The Morgan fingerprint density at radius 1 is 1.40 bits per heavy atom. The van der Waals surface area contributed by atoms with Crippen LogP contribution in [0.4, 0.5) is 4.39 Å². The molecule has 0 aliphatic carbocycles. The van der Waals surface area contributed by atoms with E-state index in [0.717, 1.165) is 28.6 Å². The van der Waals surface area contributed by atoms with E-state index in [-0.39, 0.29) is 5.82 Å². The molecule has 0 saturated heterocycles. The topological polar surface area (TPSA) is 38.1 Å². The number of benzene rings is 1. The number of hydrogen-bond donors (Lipinski definition) is 1. The second kappa shape index (κ2) is 7.17. The Hall–Kier alpha value is -0.950. The maximum atomic E-state index is 13.1. The smallest absolute Gasteiger partial charge is 0.196 e. The molecule has 1 aromatic carbocycles. The molecule has 0 saturated carbocycles. The van der Waals surface area contributed by atoms with Crippen molar-refractivity contribution in [3.63, 3.8) is 0 Å². The van der Waals surface area contributed by atoms with Crippen molar-refractivity contribution in [3.05, 3.63) is 39.7 Å². The van der Waals surface area contributed by atoms with Gasteiger partial charge >= 0.3 is 0 Å². The average molecular weight is 388 g/mol. The highest BCUT2D eigenvalue weighted by Crippen LogP contribution is 2.26. The fourth-order valence-electron chi connectivity index (χ4n) is 1.83. The minimum absolute atomic E-state index is 0.240. The lowest BCUT2D eigenvalue weighted by molar-refractivity contribution is 0.482. The molecule has 2 aromatic rings. The minimum atomic E-state index is -0.240. The first-order valence-corrected chi connectivity index (χ1v) is 7.75. The zero-order valence-corrected chi connectivity index (χ0v) is 13.8. The van der Waals surface area contributed by atoms with Crippen molar-refractivity contribution >= 4 is 22.6 Å². The van der Waals surface area contributed by atoms with Crippen LogP contribution in [-0.4, -0.2) is 18.1 Å². The molecule has 0 radical (unpaired) electrons. The van der Waals surface area contributed by atoms with E-state index in [1.165, 1.54) is 12.1 Å². The largest absolute Gasteiger partial charge is 0.441 e. The van der Waals surface area contributed by atoms with Crippen molar-refractivity contribution in [2.45, 2.75) is 20.3 Å². The van der Waals surface area contributed by atoms with Gasteiger partial charge in [0.2, 0.25) is 0 Å². The summed E-state index contributed by atoms with van der Waals surface area (Å²) in [5, 5.41) is 3.35. The van der Waals surface area contributed by atoms with Crippen LogP contribution in [0.25, 0.3) is 11.3 Å². The van der Waals surface area contributed by atoms with Crippen LogP contribution in [0.1, 0.15) is 19.7 Å². The molecule has 1 aromatic heterocycles. The number of nitrogens with zero attached hydrogens (tertiary/aromatic N) is 1. The van der Waals surface area contributed by atoms with Gasteiger partial charge in [-0.25, -0.2) is 9.37 Å². The monoisotopic (exact) mass is 388 g/mol. The normalized spacial score (nSPS) is 11.2. The molecular weight excluding hydrogens is 370 g/mol. The van der Waals surface area contributed by atoms with Crippen LogP contribution in [-0.2, 0) is 6.42 Å². The first-order chi connectivity index (χ1) is 9.56. The molecule has 0 amide bonds. The third-order valence-electron chi connectivity index (χ3n) is 2.82. The number of oxazole rings is 1. The maximum Gasteiger partial charge on any atom is 0.196 e. The van der Waals surface area contributed by atoms with Crippen molar-refractivity contribution in [2.24, 2.45) is 5.92 Å². The van der Waals surface area contributed by atoms with Crippen LogP contribution in [0.5, 0.6) is 0 Å². The lowest BCUT2D eigenvalue weighted by atomic mass is 10.2. The number of hydrogen-bond acceptors (Lipinski definition) is 3. The molecule has 20 heavy (non-hydrogen) atoms. The molecule has 0 aliphatic heterocycles. The van der Waals surface area contributed by atoms with Crippen molar-refractivity contribution < 1.29 is 8.81 Å². The summed E-state index contributed by atoms with van der Waals surface area (Å²) in [5.74, 6) is 1.79. The predicted molar refractivity (Wildman–Crippen MR) is 86.0 cm³/mol. The summed E-state index contributed by atoms with van der Waals surface area (Å²) < 4.78 is 19.6. The first kappa shape index (κ1) is 15.4. The van der Waals surface area contributed by atoms with Gasteiger partial charge in [0.05, 0.1) is 6.20 Å². The molecule has 0 spiro atoms. The van der Waals surface area contributed by atoms with Gasteiger partial charge in [-0.15, -0.1) is 0 Å². The second-order valence-electron chi connectivity index (χ2n) is 5.09. The Balaban J connectivity index is 1.98. The summed E-state index contributed by atoms with van der Waals surface area (Å²) >= 11 is 2.10. The molecule has 108 valence electrons. The third kappa shape index (κ3) is 4.28. The zero-order chi connectivity index (χ0) is 14.5. The van der Waals surface area contributed by atoms with Gasteiger partial charge in [-0.2, -0.15) is 0 Å². The van der Waals surface area contributed by atoms with Gasteiger partial charge in [-0.05, 0) is 53.3 Å². The van der Waals surface area contributed by atoms with Crippen molar-refractivity contribution in [1.29, 1.82) is 0 Å². The highest BCUT2D eigenvalue weighted by molar-refractivity contribution is 14.1. The van der Waals surface area contributed by atoms with Crippen LogP contribution in [0, 0.1) is 15.3 Å². The third-order valence-corrected chi connectivity index (χ3v) is 3.71. The van der Waals surface area contributed by atoms with E-state index in [4.69, 9.17) is 4.42 Å². The van der Waals surface area contributed by atoms with E-state index in [2.05, 4.69) is 46.7 Å². The summed E-state index contributed by atoms with van der Waals surface area (Å²) in [6.07, 6.45) is 2.46. The summed E-state index contributed by atoms with van der Waals surface area (Å²) in [7, 11) is 0. The van der Waals surface area contributed by atoms with Gasteiger partial charge < -0.3 is 9.73 Å². The van der Waals surface area contributed by atoms with E-state index in [1.54, 1.807) is 12.3 Å². The number of nitrogens with one attached hydrogen (secondary N) is 1. The Bertz CT molecular complexity index is 569. The molecular formula is C15H18FIN2O. The zero-order valence-electron chi connectivity index (χ0n) is 11.6. The molecule has 1 N–H and O–H groups in total. The van der Waals surface area contributed by atoms with Gasteiger partial charge in [-0.3, -0.25) is 0 Å². The summed E-state index contributed by atoms with van der Waals surface area (Å²) in [5.41, 5.74) is 0.876. The van der Waals surface area contributed by atoms with Crippen molar-refractivity contribution in [1.82, 2.24) is 10.3 Å². The van der Waals surface area contributed by atoms with E-state index < -0.39 is 0 Å². The number of rotatable bonds is 6. The van der Waals surface area contributed by atoms with Crippen LogP contribution in [0.3, 0.4) is 0 Å². The van der Waals surface area contributed by atoms with E-state index in [0.29, 0.717) is 17.6 Å². The lowest BCUT2D eigenvalue weighted by Gasteiger charge is -2.05. The average Bonchev–Trinajstić information content (AvgIpc) is 2.83. The highest BCUT2D eigenvalue weighted by Gasteiger charge is 2.10. The maximum absolute atomic E-state index is 13.1.